The Morgan fingerprint density at radius 1 is 1.29 bits per heavy atom. The van der Waals surface area contributed by atoms with Crippen molar-refractivity contribution in [3.63, 3.8) is 0 Å². The molecule has 1 aliphatic rings. The van der Waals surface area contributed by atoms with E-state index in [0.717, 1.165) is 37.5 Å². The van der Waals surface area contributed by atoms with Gasteiger partial charge in [0.2, 0.25) is 0 Å². The van der Waals surface area contributed by atoms with Crippen molar-refractivity contribution in [2.75, 3.05) is 44.1 Å². The van der Waals surface area contributed by atoms with Gasteiger partial charge in [-0.1, -0.05) is 0 Å². The zero-order valence-electron chi connectivity index (χ0n) is 11.8. The topological polar surface area (TPSA) is 24.3 Å². The van der Waals surface area contributed by atoms with E-state index in [1.54, 1.807) is 6.07 Å². The average Bonchev–Trinajstić information content (AvgIpc) is 2.78. The van der Waals surface area contributed by atoms with Crippen LogP contribution in [0.25, 0.3) is 11.0 Å². The summed E-state index contributed by atoms with van der Waals surface area (Å²) in [6.07, 6.45) is 0.668. The molecule has 1 aromatic carbocycles. The van der Waals surface area contributed by atoms with Gasteiger partial charge in [-0.15, -0.1) is 11.6 Å². The Morgan fingerprint density at radius 3 is 2.67 bits per heavy atom. The zero-order valence-corrected chi connectivity index (χ0v) is 14.2. The normalized spacial score (nSPS) is 16.9. The minimum atomic E-state index is -0.289. The van der Waals surface area contributed by atoms with Gasteiger partial charge in [-0.25, -0.2) is 14.1 Å². The Labute approximate surface area is 136 Å². The summed E-state index contributed by atoms with van der Waals surface area (Å²) in [5, 5.41) is 2.27. The van der Waals surface area contributed by atoms with Crippen LogP contribution in [0.1, 0.15) is 5.82 Å². The monoisotopic (exact) mass is 374 g/mol. The second kappa shape index (κ2) is 6.10. The summed E-state index contributed by atoms with van der Waals surface area (Å²) in [5.41, 5.74) is 1.60. The maximum absolute atomic E-state index is 13.7. The standard InChI is InChI=1S/C14H17BrClFN4/c1-19-4-6-20(7-5-19)21-13-8-10(15)11(17)9-12(13)18-14(21)2-3-16/h8-9H,2-7H2,1H3. The molecule has 0 bridgehead atoms. The van der Waals surface area contributed by atoms with Crippen molar-refractivity contribution < 1.29 is 4.39 Å². The number of alkyl halides is 1. The summed E-state index contributed by atoms with van der Waals surface area (Å²) in [5.74, 6) is 1.10. The lowest BCUT2D eigenvalue weighted by molar-refractivity contribution is 0.287. The van der Waals surface area contributed by atoms with Crippen LogP contribution in [-0.2, 0) is 6.42 Å². The van der Waals surface area contributed by atoms with Gasteiger partial charge in [0, 0.05) is 44.5 Å². The third kappa shape index (κ3) is 2.89. The molecule has 3 rings (SSSR count). The molecule has 0 spiro atoms. The van der Waals surface area contributed by atoms with Crippen molar-refractivity contribution in [1.29, 1.82) is 0 Å². The third-order valence-corrected chi connectivity index (χ3v) is 4.62. The van der Waals surface area contributed by atoms with Crippen LogP contribution in [0.5, 0.6) is 0 Å². The molecular formula is C14H17BrClFN4. The number of likely N-dealkylation sites (N-methyl/N-ethyl adjacent to an activating group) is 1. The fourth-order valence-corrected chi connectivity index (χ4v) is 3.17. The van der Waals surface area contributed by atoms with E-state index in [0.29, 0.717) is 22.3 Å². The van der Waals surface area contributed by atoms with Crippen molar-refractivity contribution in [1.82, 2.24) is 14.6 Å². The number of nitrogens with zero attached hydrogens (tertiary/aromatic N) is 4. The van der Waals surface area contributed by atoms with Crippen molar-refractivity contribution in [3.05, 3.63) is 28.2 Å². The Kier molecular flexibility index (Phi) is 4.38. The molecule has 114 valence electrons. The van der Waals surface area contributed by atoms with Gasteiger partial charge in [-0.2, -0.15) is 0 Å². The number of aryl methyl sites for hydroxylation is 1. The maximum atomic E-state index is 13.7. The number of benzene rings is 1. The summed E-state index contributed by atoms with van der Waals surface area (Å²) in [6, 6.07) is 3.28. The van der Waals surface area contributed by atoms with E-state index in [4.69, 9.17) is 11.6 Å². The summed E-state index contributed by atoms with van der Waals surface area (Å²) in [4.78, 5) is 6.86. The Morgan fingerprint density at radius 2 is 2.00 bits per heavy atom. The fraction of sp³-hybridized carbons (Fsp3) is 0.500. The summed E-state index contributed by atoms with van der Waals surface area (Å²) >= 11 is 9.16. The van der Waals surface area contributed by atoms with Gasteiger partial charge in [0.25, 0.3) is 0 Å². The summed E-state index contributed by atoms with van der Waals surface area (Å²) in [6.45, 7) is 3.85. The van der Waals surface area contributed by atoms with Gasteiger partial charge in [0.1, 0.15) is 11.6 Å². The van der Waals surface area contributed by atoms with Crippen molar-refractivity contribution in [2.24, 2.45) is 0 Å². The highest BCUT2D eigenvalue weighted by atomic mass is 79.9. The molecule has 0 unspecified atom stereocenters. The lowest BCUT2D eigenvalue weighted by Gasteiger charge is -2.35. The largest absolute Gasteiger partial charge is 0.308 e. The first-order chi connectivity index (χ1) is 10.1. The molecule has 1 aliphatic heterocycles. The highest BCUT2D eigenvalue weighted by Gasteiger charge is 2.21. The number of piperazine rings is 1. The van der Waals surface area contributed by atoms with Crippen molar-refractivity contribution in [3.8, 4) is 0 Å². The van der Waals surface area contributed by atoms with Gasteiger partial charge < -0.3 is 9.91 Å². The first-order valence-corrected chi connectivity index (χ1v) is 8.29. The molecule has 21 heavy (non-hydrogen) atoms. The highest BCUT2D eigenvalue weighted by Crippen LogP contribution is 2.25. The Balaban J connectivity index is 2.09. The lowest BCUT2D eigenvalue weighted by Crippen LogP contribution is -2.50. The number of imidazole rings is 1. The number of halogens is 3. The van der Waals surface area contributed by atoms with Crippen LogP contribution in [0.15, 0.2) is 16.6 Å². The molecular weight excluding hydrogens is 359 g/mol. The average molecular weight is 376 g/mol. The molecule has 1 fully saturated rings. The zero-order chi connectivity index (χ0) is 15.0. The molecule has 0 saturated carbocycles. The second-order valence-corrected chi connectivity index (χ2v) is 6.52. The Bertz CT molecular complexity index is 652. The lowest BCUT2D eigenvalue weighted by atomic mass is 10.3. The molecule has 7 heteroatoms. The SMILES string of the molecule is CN1CCN(n2c(CCCl)nc3cc(F)c(Br)cc32)CC1. The van der Waals surface area contributed by atoms with Crippen LogP contribution in [0.4, 0.5) is 4.39 Å². The second-order valence-electron chi connectivity index (χ2n) is 5.29. The minimum Gasteiger partial charge on any atom is -0.308 e. The fourth-order valence-electron chi connectivity index (χ4n) is 2.67. The first-order valence-electron chi connectivity index (χ1n) is 6.96. The van der Waals surface area contributed by atoms with Crippen LogP contribution in [0, 0.1) is 5.82 Å². The predicted octanol–water partition coefficient (Wildman–Crippen LogP) is 2.60. The van der Waals surface area contributed by atoms with E-state index < -0.39 is 0 Å². The number of rotatable bonds is 3. The molecule has 0 aliphatic carbocycles. The number of aromatic nitrogens is 2. The first kappa shape index (κ1) is 15.1. The van der Waals surface area contributed by atoms with E-state index in [1.165, 1.54) is 6.07 Å². The van der Waals surface area contributed by atoms with E-state index in [9.17, 15) is 4.39 Å². The van der Waals surface area contributed by atoms with E-state index in [2.05, 4.69) is 42.5 Å². The molecule has 0 atom stereocenters. The summed E-state index contributed by atoms with van der Waals surface area (Å²) < 4.78 is 16.3. The van der Waals surface area contributed by atoms with Crippen LogP contribution in [-0.4, -0.2) is 53.7 Å². The number of fused-ring (bicyclic) bond motifs is 1. The van der Waals surface area contributed by atoms with Gasteiger partial charge >= 0.3 is 0 Å². The predicted molar refractivity (Wildman–Crippen MR) is 87.3 cm³/mol. The van der Waals surface area contributed by atoms with Gasteiger partial charge in [-0.05, 0) is 29.0 Å². The molecule has 2 aromatic rings. The molecule has 4 nitrogen and oxygen atoms in total. The minimum absolute atomic E-state index is 0.289. The van der Waals surface area contributed by atoms with Crippen molar-refractivity contribution >= 4 is 38.6 Å². The van der Waals surface area contributed by atoms with Crippen LogP contribution >= 0.6 is 27.5 Å². The molecule has 0 amide bonds. The Hall–Kier alpha value is -0.850. The maximum Gasteiger partial charge on any atom is 0.139 e. The third-order valence-electron chi connectivity index (χ3n) is 3.82. The van der Waals surface area contributed by atoms with Gasteiger partial charge in [0.05, 0.1) is 15.5 Å². The van der Waals surface area contributed by atoms with Gasteiger partial charge in [-0.3, -0.25) is 0 Å². The van der Waals surface area contributed by atoms with Crippen LogP contribution in [0.2, 0.25) is 0 Å². The summed E-state index contributed by atoms with van der Waals surface area (Å²) in [7, 11) is 2.12. The van der Waals surface area contributed by atoms with Crippen molar-refractivity contribution in [2.45, 2.75) is 6.42 Å². The molecule has 1 aromatic heterocycles. The highest BCUT2D eigenvalue weighted by molar-refractivity contribution is 9.10. The van der Waals surface area contributed by atoms with Crippen LogP contribution < -0.4 is 5.01 Å². The number of hydrogen-bond acceptors (Lipinski definition) is 3. The molecule has 1 saturated heterocycles. The quantitative estimate of drug-likeness (QED) is 0.771. The van der Waals surface area contributed by atoms with E-state index in [-0.39, 0.29) is 5.82 Å². The molecule has 0 N–H and O–H groups in total. The van der Waals surface area contributed by atoms with E-state index >= 15 is 0 Å². The van der Waals surface area contributed by atoms with Crippen LogP contribution in [0.3, 0.4) is 0 Å². The molecule has 0 radical (unpaired) electrons. The molecule has 2 heterocycles. The van der Waals surface area contributed by atoms with Gasteiger partial charge in [0.15, 0.2) is 0 Å². The van der Waals surface area contributed by atoms with E-state index in [1.807, 2.05) is 0 Å². The number of hydrogen-bond donors (Lipinski definition) is 0. The smallest absolute Gasteiger partial charge is 0.139 e.